The van der Waals surface area contributed by atoms with Crippen LogP contribution in [0, 0.1) is 0 Å². The van der Waals surface area contributed by atoms with Crippen molar-refractivity contribution in [1.29, 1.82) is 0 Å². The molecule has 13 heavy (non-hydrogen) atoms. The molecule has 6 nitrogen and oxygen atoms in total. The van der Waals surface area contributed by atoms with Crippen LogP contribution in [0.25, 0.3) is 0 Å². The largest absolute Gasteiger partial charge is 0.370 e. The van der Waals surface area contributed by atoms with Crippen molar-refractivity contribution in [3.8, 4) is 0 Å². The summed E-state index contributed by atoms with van der Waals surface area (Å²) < 4.78 is 0. The average molecular weight is 187 g/mol. The molecule has 0 rings (SSSR count). The number of hydrogen-bond donors (Lipinski definition) is 3. The predicted octanol–water partition coefficient (Wildman–Crippen LogP) is -1.93. The van der Waals surface area contributed by atoms with Crippen molar-refractivity contribution in [2.75, 3.05) is 20.6 Å². The van der Waals surface area contributed by atoms with E-state index < -0.39 is 6.04 Å². The third-order valence-electron chi connectivity index (χ3n) is 1.49. The van der Waals surface area contributed by atoms with Crippen molar-refractivity contribution in [2.24, 2.45) is 22.2 Å². The Hall–Kier alpha value is -1.30. The first-order chi connectivity index (χ1) is 5.95. The maximum atomic E-state index is 11.2. The fourth-order valence-corrected chi connectivity index (χ4v) is 0.788. The standard InChI is InChI=1S/C7H17N5O/c1-12(2)6(13)5(8)3-4-11-7(9)10/h5H,3-4,8H2,1-2H3,(H4,9,10,11). The molecule has 1 unspecified atom stereocenters. The average Bonchev–Trinajstić information content (AvgIpc) is 2.02. The second kappa shape index (κ2) is 5.36. The van der Waals surface area contributed by atoms with Crippen molar-refractivity contribution in [1.82, 2.24) is 4.90 Å². The van der Waals surface area contributed by atoms with E-state index in [-0.39, 0.29) is 11.9 Å². The summed E-state index contributed by atoms with van der Waals surface area (Å²) in [7, 11) is 3.31. The van der Waals surface area contributed by atoms with E-state index in [1.165, 1.54) is 4.90 Å². The number of carbonyl (C=O) groups excluding carboxylic acids is 1. The molecule has 0 fully saturated rings. The molecule has 0 aliphatic heterocycles. The van der Waals surface area contributed by atoms with Gasteiger partial charge in [-0.25, -0.2) is 0 Å². The van der Waals surface area contributed by atoms with Gasteiger partial charge in [-0.3, -0.25) is 9.79 Å². The molecule has 6 heteroatoms. The van der Waals surface area contributed by atoms with E-state index in [2.05, 4.69) is 4.99 Å². The molecule has 1 atom stereocenters. The predicted molar refractivity (Wildman–Crippen MR) is 52.0 cm³/mol. The van der Waals surface area contributed by atoms with E-state index in [4.69, 9.17) is 17.2 Å². The zero-order valence-corrected chi connectivity index (χ0v) is 8.03. The highest BCUT2D eigenvalue weighted by Crippen LogP contribution is 1.92. The lowest BCUT2D eigenvalue weighted by Crippen LogP contribution is -2.40. The normalized spacial score (nSPS) is 11.9. The summed E-state index contributed by atoms with van der Waals surface area (Å²) in [4.78, 5) is 16.4. The molecule has 0 aliphatic carbocycles. The monoisotopic (exact) mass is 187 g/mol. The molecule has 0 bridgehead atoms. The minimum absolute atomic E-state index is 0.0181. The number of hydrogen-bond acceptors (Lipinski definition) is 3. The van der Waals surface area contributed by atoms with Crippen LogP contribution in [0.15, 0.2) is 4.99 Å². The van der Waals surface area contributed by atoms with Crippen molar-refractivity contribution < 1.29 is 4.79 Å². The first kappa shape index (κ1) is 11.7. The molecular formula is C7H17N5O. The summed E-state index contributed by atoms with van der Waals surface area (Å²) in [6.45, 7) is 0.378. The quantitative estimate of drug-likeness (QED) is 0.351. The highest BCUT2D eigenvalue weighted by molar-refractivity contribution is 5.81. The summed E-state index contributed by atoms with van der Waals surface area (Å²) in [6.07, 6.45) is 0.453. The first-order valence-electron chi connectivity index (χ1n) is 3.97. The molecule has 0 aromatic heterocycles. The fraction of sp³-hybridized carbons (Fsp3) is 0.714. The Morgan fingerprint density at radius 2 is 2.00 bits per heavy atom. The lowest BCUT2D eigenvalue weighted by molar-refractivity contribution is -0.130. The Kier molecular flexibility index (Phi) is 4.83. The lowest BCUT2D eigenvalue weighted by atomic mass is 10.2. The van der Waals surface area contributed by atoms with E-state index in [9.17, 15) is 4.79 Å². The van der Waals surface area contributed by atoms with Gasteiger partial charge in [0.1, 0.15) is 0 Å². The van der Waals surface area contributed by atoms with Gasteiger partial charge < -0.3 is 22.1 Å². The Bertz CT molecular complexity index is 197. The first-order valence-corrected chi connectivity index (χ1v) is 3.97. The molecule has 0 aliphatic rings. The summed E-state index contributed by atoms with van der Waals surface area (Å²) in [5, 5.41) is 0. The van der Waals surface area contributed by atoms with Gasteiger partial charge in [0.25, 0.3) is 0 Å². The number of aliphatic imine (C=N–C) groups is 1. The number of amides is 1. The van der Waals surface area contributed by atoms with Crippen LogP contribution in [0.5, 0.6) is 0 Å². The van der Waals surface area contributed by atoms with Crippen LogP contribution < -0.4 is 17.2 Å². The SMILES string of the molecule is CN(C)C(=O)C(N)CCN=C(N)N. The van der Waals surface area contributed by atoms with E-state index in [1.54, 1.807) is 14.1 Å². The lowest BCUT2D eigenvalue weighted by Gasteiger charge is -2.15. The minimum atomic E-state index is -0.530. The molecule has 0 spiro atoms. The third-order valence-corrected chi connectivity index (χ3v) is 1.49. The van der Waals surface area contributed by atoms with E-state index in [0.717, 1.165) is 0 Å². The molecule has 0 heterocycles. The van der Waals surface area contributed by atoms with Gasteiger partial charge in [0.2, 0.25) is 5.91 Å². The van der Waals surface area contributed by atoms with E-state index in [1.807, 2.05) is 0 Å². The van der Waals surface area contributed by atoms with Crippen LogP contribution in [-0.4, -0.2) is 43.4 Å². The topological polar surface area (TPSA) is 111 Å². The van der Waals surface area contributed by atoms with Crippen molar-refractivity contribution >= 4 is 11.9 Å². The molecule has 0 saturated carbocycles. The zero-order chi connectivity index (χ0) is 10.4. The molecule has 6 N–H and O–H groups in total. The molecule has 0 saturated heterocycles. The Morgan fingerprint density at radius 1 is 1.46 bits per heavy atom. The second-order valence-electron chi connectivity index (χ2n) is 2.93. The molecular weight excluding hydrogens is 170 g/mol. The highest BCUT2D eigenvalue weighted by atomic mass is 16.2. The molecule has 1 amide bonds. The number of nitrogens with zero attached hydrogens (tertiary/aromatic N) is 2. The Balaban J connectivity index is 3.81. The van der Waals surface area contributed by atoms with Crippen LogP contribution >= 0.6 is 0 Å². The van der Waals surface area contributed by atoms with Crippen LogP contribution in [0.4, 0.5) is 0 Å². The summed E-state index contributed by atoms with van der Waals surface area (Å²) in [6, 6.07) is -0.530. The van der Waals surface area contributed by atoms with Gasteiger partial charge in [-0.05, 0) is 6.42 Å². The van der Waals surface area contributed by atoms with Crippen molar-refractivity contribution in [3.05, 3.63) is 0 Å². The third kappa shape index (κ3) is 5.02. The van der Waals surface area contributed by atoms with Crippen LogP contribution in [0.1, 0.15) is 6.42 Å². The van der Waals surface area contributed by atoms with Crippen molar-refractivity contribution in [2.45, 2.75) is 12.5 Å². The highest BCUT2D eigenvalue weighted by Gasteiger charge is 2.14. The summed E-state index contributed by atoms with van der Waals surface area (Å²) >= 11 is 0. The number of likely N-dealkylation sites (N-methyl/N-ethyl adjacent to an activating group) is 1. The maximum Gasteiger partial charge on any atom is 0.239 e. The van der Waals surface area contributed by atoms with E-state index >= 15 is 0 Å². The zero-order valence-electron chi connectivity index (χ0n) is 8.03. The van der Waals surface area contributed by atoms with Crippen LogP contribution in [0.2, 0.25) is 0 Å². The van der Waals surface area contributed by atoms with Gasteiger partial charge in [-0.15, -0.1) is 0 Å². The van der Waals surface area contributed by atoms with Crippen molar-refractivity contribution in [3.63, 3.8) is 0 Å². The van der Waals surface area contributed by atoms with Gasteiger partial charge in [0.05, 0.1) is 6.04 Å². The van der Waals surface area contributed by atoms with Gasteiger partial charge in [-0.2, -0.15) is 0 Å². The molecule has 76 valence electrons. The number of guanidine groups is 1. The maximum absolute atomic E-state index is 11.2. The Labute approximate surface area is 77.8 Å². The number of rotatable bonds is 4. The van der Waals surface area contributed by atoms with Crippen LogP contribution in [0.3, 0.4) is 0 Å². The minimum Gasteiger partial charge on any atom is -0.370 e. The molecule has 0 aromatic carbocycles. The smallest absolute Gasteiger partial charge is 0.239 e. The van der Waals surface area contributed by atoms with Gasteiger partial charge >= 0.3 is 0 Å². The van der Waals surface area contributed by atoms with Crippen LogP contribution in [-0.2, 0) is 4.79 Å². The fourth-order valence-electron chi connectivity index (χ4n) is 0.788. The number of carbonyl (C=O) groups is 1. The summed E-state index contributed by atoms with van der Waals surface area (Å²) in [5.41, 5.74) is 15.8. The van der Waals surface area contributed by atoms with E-state index in [0.29, 0.717) is 13.0 Å². The molecule has 0 radical (unpaired) electrons. The molecule has 0 aromatic rings. The van der Waals surface area contributed by atoms with Gasteiger partial charge in [-0.1, -0.05) is 0 Å². The Morgan fingerprint density at radius 3 is 2.38 bits per heavy atom. The van der Waals surface area contributed by atoms with Gasteiger partial charge in [0.15, 0.2) is 5.96 Å². The van der Waals surface area contributed by atoms with Gasteiger partial charge in [0, 0.05) is 20.6 Å². The second-order valence-corrected chi connectivity index (χ2v) is 2.93. The number of nitrogens with two attached hydrogens (primary N) is 3. The summed E-state index contributed by atoms with van der Waals surface area (Å²) in [5.74, 6) is -0.102.